The second kappa shape index (κ2) is 6.91. The molecule has 0 spiro atoms. The molecule has 0 radical (unpaired) electrons. The number of hydrogen-bond donors (Lipinski definition) is 0. The van der Waals surface area contributed by atoms with Crippen molar-refractivity contribution < 1.29 is 4.74 Å². The fourth-order valence-electron chi connectivity index (χ4n) is 2.64. The zero-order valence-corrected chi connectivity index (χ0v) is 11.6. The summed E-state index contributed by atoms with van der Waals surface area (Å²) in [5.41, 5.74) is 1.08. The summed E-state index contributed by atoms with van der Waals surface area (Å²) in [5, 5.41) is 17.9. The second-order valence-electron chi connectivity index (χ2n) is 4.78. The number of nitriles is 2. The Bertz CT molecular complexity index is 531. The van der Waals surface area contributed by atoms with E-state index in [-0.39, 0.29) is 6.04 Å². The molecule has 1 aliphatic heterocycles. The highest BCUT2D eigenvalue weighted by molar-refractivity contribution is 5.36. The summed E-state index contributed by atoms with van der Waals surface area (Å²) in [4.78, 5) is 4.26. The summed E-state index contributed by atoms with van der Waals surface area (Å²) in [6.07, 6.45) is 0. The lowest BCUT2D eigenvalue weighted by atomic mass is 10.0. The fraction of sp³-hybridized carbons (Fsp3) is 0.467. The maximum atomic E-state index is 8.99. The van der Waals surface area contributed by atoms with Crippen molar-refractivity contribution in [2.75, 3.05) is 39.8 Å². The Hall–Kier alpha value is -2.08. The summed E-state index contributed by atoms with van der Waals surface area (Å²) in [5.74, 6) is 0.833. The van der Waals surface area contributed by atoms with Gasteiger partial charge in [0, 0.05) is 25.2 Å². The van der Waals surface area contributed by atoms with Gasteiger partial charge in [-0.25, -0.2) is 0 Å². The molecule has 5 nitrogen and oxygen atoms in total. The molecule has 2 rings (SSSR count). The minimum Gasteiger partial charge on any atom is -0.496 e. The van der Waals surface area contributed by atoms with Crippen molar-refractivity contribution in [1.29, 1.82) is 10.5 Å². The van der Waals surface area contributed by atoms with Crippen molar-refractivity contribution in [1.82, 2.24) is 9.80 Å². The summed E-state index contributed by atoms with van der Waals surface area (Å²) < 4.78 is 5.43. The van der Waals surface area contributed by atoms with Gasteiger partial charge in [-0.1, -0.05) is 18.2 Å². The molecular formula is C15H18N4O. The molecule has 1 heterocycles. The highest BCUT2D eigenvalue weighted by Gasteiger charge is 2.29. The number of piperazine rings is 1. The largest absolute Gasteiger partial charge is 0.496 e. The SMILES string of the molecule is COc1ccccc1C1CN(CC#N)CCN1CC#N. The van der Waals surface area contributed by atoms with Crippen LogP contribution >= 0.6 is 0 Å². The Morgan fingerprint density at radius 3 is 2.65 bits per heavy atom. The standard InChI is InChI=1S/C15H18N4O/c1-20-15-5-3-2-4-13(15)14-12-18(8-6-16)10-11-19(14)9-7-17/h2-5,14H,8-12H2,1H3. The zero-order valence-electron chi connectivity index (χ0n) is 11.6. The molecule has 0 bridgehead atoms. The molecule has 5 heteroatoms. The van der Waals surface area contributed by atoms with Gasteiger partial charge in [-0.15, -0.1) is 0 Å². The Labute approximate surface area is 119 Å². The number of nitrogens with zero attached hydrogens (tertiary/aromatic N) is 4. The lowest BCUT2D eigenvalue weighted by molar-refractivity contribution is 0.0922. The summed E-state index contributed by atoms with van der Waals surface area (Å²) in [6, 6.07) is 12.4. The number of ether oxygens (including phenoxy) is 1. The molecule has 0 N–H and O–H groups in total. The first-order valence-corrected chi connectivity index (χ1v) is 6.63. The van der Waals surface area contributed by atoms with E-state index in [1.165, 1.54) is 0 Å². The third-order valence-electron chi connectivity index (χ3n) is 3.64. The lowest BCUT2D eigenvalue weighted by Gasteiger charge is -2.40. The van der Waals surface area contributed by atoms with Gasteiger partial charge in [0.2, 0.25) is 0 Å². The first-order valence-electron chi connectivity index (χ1n) is 6.63. The summed E-state index contributed by atoms with van der Waals surface area (Å²) in [6.45, 7) is 3.17. The third-order valence-corrected chi connectivity index (χ3v) is 3.64. The molecule has 104 valence electrons. The predicted molar refractivity (Wildman–Crippen MR) is 75.0 cm³/mol. The Balaban J connectivity index is 2.27. The monoisotopic (exact) mass is 270 g/mol. The fourth-order valence-corrected chi connectivity index (χ4v) is 2.64. The van der Waals surface area contributed by atoms with Crippen LogP contribution in [0.1, 0.15) is 11.6 Å². The quantitative estimate of drug-likeness (QED) is 0.774. The van der Waals surface area contributed by atoms with Crippen LogP contribution in [0.3, 0.4) is 0 Å². The summed E-state index contributed by atoms with van der Waals surface area (Å²) in [7, 11) is 1.66. The Morgan fingerprint density at radius 2 is 1.95 bits per heavy atom. The van der Waals surface area contributed by atoms with Gasteiger partial charge in [-0.05, 0) is 6.07 Å². The number of benzene rings is 1. The molecule has 1 aliphatic rings. The van der Waals surface area contributed by atoms with Gasteiger partial charge < -0.3 is 4.74 Å². The normalized spacial score (nSPS) is 20.1. The molecule has 0 aliphatic carbocycles. The van der Waals surface area contributed by atoms with E-state index in [4.69, 9.17) is 15.3 Å². The van der Waals surface area contributed by atoms with E-state index < -0.39 is 0 Å². The van der Waals surface area contributed by atoms with Crippen LogP contribution in [0.4, 0.5) is 0 Å². The molecule has 0 saturated carbocycles. The molecule has 1 aromatic rings. The molecule has 0 amide bonds. The zero-order chi connectivity index (χ0) is 14.4. The topological polar surface area (TPSA) is 63.3 Å². The van der Waals surface area contributed by atoms with Gasteiger partial charge >= 0.3 is 0 Å². The van der Waals surface area contributed by atoms with Gasteiger partial charge in [0.1, 0.15) is 5.75 Å². The maximum Gasteiger partial charge on any atom is 0.123 e. The van der Waals surface area contributed by atoms with Crippen LogP contribution in [0.15, 0.2) is 24.3 Å². The molecule has 1 fully saturated rings. The van der Waals surface area contributed by atoms with Gasteiger partial charge in [0.15, 0.2) is 0 Å². The van der Waals surface area contributed by atoms with E-state index >= 15 is 0 Å². The smallest absolute Gasteiger partial charge is 0.123 e. The number of rotatable bonds is 4. The van der Waals surface area contributed by atoms with Gasteiger partial charge in [0.05, 0.1) is 38.4 Å². The van der Waals surface area contributed by atoms with Crippen LogP contribution in [0.25, 0.3) is 0 Å². The molecular weight excluding hydrogens is 252 g/mol. The van der Waals surface area contributed by atoms with Crippen molar-refractivity contribution in [3.05, 3.63) is 29.8 Å². The molecule has 1 atom stereocenters. The van der Waals surface area contributed by atoms with Crippen LogP contribution in [-0.2, 0) is 0 Å². The molecule has 20 heavy (non-hydrogen) atoms. The number of hydrogen-bond acceptors (Lipinski definition) is 5. The van der Waals surface area contributed by atoms with Crippen molar-refractivity contribution in [3.63, 3.8) is 0 Å². The summed E-state index contributed by atoms with van der Waals surface area (Å²) >= 11 is 0. The van der Waals surface area contributed by atoms with Gasteiger partial charge in [-0.3, -0.25) is 9.80 Å². The van der Waals surface area contributed by atoms with E-state index in [0.717, 1.165) is 30.9 Å². The molecule has 0 aromatic heterocycles. The van der Waals surface area contributed by atoms with Crippen LogP contribution in [0.5, 0.6) is 5.75 Å². The van der Waals surface area contributed by atoms with Crippen LogP contribution < -0.4 is 4.74 Å². The Morgan fingerprint density at radius 1 is 1.20 bits per heavy atom. The van der Waals surface area contributed by atoms with Crippen molar-refractivity contribution in [3.8, 4) is 17.9 Å². The maximum absolute atomic E-state index is 8.99. The van der Waals surface area contributed by atoms with E-state index in [1.54, 1.807) is 7.11 Å². The second-order valence-corrected chi connectivity index (χ2v) is 4.78. The average Bonchev–Trinajstić information content (AvgIpc) is 2.49. The molecule has 1 aromatic carbocycles. The van der Waals surface area contributed by atoms with Crippen LogP contribution in [0, 0.1) is 22.7 Å². The first-order chi connectivity index (χ1) is 9.80. The van der Waals surface area contributed by atoms with Crippen molar-refractivity contribution in [2.24, 2.45) is 0 Å². The first kappa shape index (κ1) is 14.3. The number of para-hydroxylation sites is 1. The number of methoxy groups -OCH3 is 1. The van der Waals surface area contributed by atoms with Crippen LogP contribution in [0.2, 0.25) is 0 Å². The van der Waals surface area contributed by atoms with Gasteiger partial charge in [0.25, 0.3) is 0 Å². The predicted octanol–water partition coefficient (Wildman–Crippen LogP) is 1.40. The van der Waals surface area contributed by atoms with E-state index in [2.05, 4.69) is 21.9 Å². The lowest BCUT2D eigenvalue weighted by Crippen LogP contribution is -2.48. The van der Waals surface area contributed by atoms with Crippen LogP contribution in [-0.4, -0.2) is 49.6 Å². The average molecular weight is 270 g/mol. The highest BCUT2D eigenvalue weighted by atomic mass is 16.5. The van der Waals surface area contributed by atoms with Gasteiger partial charge in [-0.2, -0.15) is 10.5 Å². The van der Waals surface area contributed by atoms with E-state index in [0.29, 0.717) is 13.1 Å². The Kier molecular flexibility index (Phi) is 4.95. The van der Waals surface area contributed by atoms with Crippen molar-refractivity contribution >= 4 is 0 Å². The highest BCUT2D eigenvalue weighted by Crippen LogP contribution is 2.31. The molecule has 1 saturated heterocycles. The molecule has 1 unspecified atom stereocenters. The minimum absolute atomic E-state index is 0.0906. The minimum atomic E-state index is 0.0906. The third kappa shape index (κ3) is 3.08. The van der Waals surface area contributed by atoms with E-state index in [1.807, 2.05) is 24.3 Å². The van der Waals surface area contributed by atoms with Crippen molar-refractivity contribution in [2.45, 2.75) is 6.04 Å². The van der Waals surface area contributed by atoms with E-state index in [9.17, 15) is 0 Å².